The maximum absolute atomic E-state index is 12.0. The van der Waals surface area contributed by atoms with Gasteiger partial charge in [0.2, 0.25) is 0 Å². The Morgan fingerprint density at radius 1 is 1.28 bits per heavy atom. The van der Waals surface area contributed by atoms with Gasteiger partial charge in [-0.05, 0) is 12.1 Å². The van der Waals surface area contributed by atoms with Gasteiger partial charge < -0.3 is 14.6 Å². The van der Waals surface area contributed by atoms with E-state index in [1.54, 1.807) is 0 Å². The Balaban J connectivity index is 0. The van der Waals surface area contributed by atoms with Gasteiger partial charge in [0.25, 0.3) is 0 Å². The van der Waals surface area contributed by atoms with Gasteiger partial charge in [0.1, 0.15) is 17.1 Å². The van der Waals surface area contributed by atoms with Crippen molar-refractivity contribution in [1.82, 2.24) is 0 Å². The lowest BCUT2D eigenvalue weighted by Gasteiger charge is -2.12. The van der Waals surface area contributed by atoms with Gasteiger partial charge in [0, 0.05) is 6.07 Å². The molecule has 0 saturated heterocycles. The fraction of sp³-hybridized carbons (Fsp3) is 0.222. The molecule has 4 nitrogen and oxygen atoms in total. The summed E-state index contributed by atoms with van der Waals surface area (Å²) in [6.45, 7) is 0. The lowest BCUT2D eigenvalue weighted by molar-refractivity contribution is -0.274. The Morgan fingerprint density at radius 3 is 2.22 bits per heavy atom. The van der Waals surface area contributed by atoms with Gasteiger partial charge in [0.15, 0.2) is 0 Å². The summed E-state index contributed by atoms with van der Waals surface area (Å²) in [5.74, 6) is -2.24. The van der Waals surface area contributed by atoms with Crippen molar-refractivity contribution >= 4 is 30.8 Å². The zero-order chi connectivity index (χ0) is 12.3. The molecule has 1 aromatic rings. The third-order valence-corrected chi connectivity index (χ3v) is 1.64. The number of carboxylic acid groups (broad SMARTS) is 1. The van der Waals surface area contributed by atoms with Gasteiger partial charge in [-0.1, -0.05) is 0 Å². The first kappa shape index (κ1) is 19.0. The van der Waals surface area contributed by atoms with Crippen LogP contribution in [0.1, 0.15) is 10.4 Å². The summed E-state index contributed by atoms with van der Waals surface area (Å²) in [5, 5.41) is 8.64. The molecule has 0 fully saturated rings. The Bertz CT molecular complexity index is 409. The molecular formula is C9H9Cl2F3O4. The molecule has 0 unspecified atom stereocenters. The van der Waals surface area contributed by atoms with Crippen LogP contribution < -0.4 is 9.47 Å². The van der Waals surface area contributed by atoms with Crippen LogP contribution in [0.3, 0.4) is 0 Å². The zero-order valence-electron chi connectivity index (χ0n) is 8.85. The third-order valence-electron chi connectivity index (χ3n) is 1.64. The second kappa shape index (κ2) is 7.17. The van der Waals surface area contributed by atoms with Crippen LogP contribution in [-0.4, -0.2) is 24.5 Å². The Hall–Kier alpha value is -1.34. The van der Waals surface area contributed by atoms with Crippen molar-refractivity contribution in [2.75, 3.05) is 7.11 Å². The lowest BCUT2D eigenvalue weighted by atomic mass is 10.2. The average molecular weight is 309 g/mol. The normalized spacial score (nSPS) is 9.78. The fourth-order valence-corrected chi connectivity index (χ4v) is 1.02. The van der Waals surface area contributed by atoms with Crippen LogP contribution in [0.15, 0.2) is 18.2 Å². The number of benzene rings is 1. The van der Waals surface area contributed by atoms with Crippen LogP contribution in [0.25, 0.3) is 0 Å². The van der Waals surface area contributed by atoms with Crippen molar-refractivity contribution in [3.05, 3.63) is 23.8 Å². The maximum Gasteiger partial charge on any atom is 0.573 e. The third kappa shape index (κ3) is 5.33. The molecule has 0 amide bonds. The number of hydrogen-bond donors (Lipinski definition) is 1. The highest BCUT2D eigenvalue weighted by Crippen LogP contribution is 2.30. The molecule has 0 spiro atoms. The fourth-order valence-electron chi connectivity index (χ4n) is 1.02. The van der Waals surface area contributed by atoms with Gasteiger partial charge in [-0.15, -0.1) is 38.0 Å². The molecule has 0 radical (unpaired) electrons. The molecule has 0 bridgehead atoms. The SMILES string of the molecule is COc1ccc(C(=O)O)c(OC(F)(F)F)c1.Cl.Cl. The Labute approximate surface area is 113 Å². The van der Waals surface area contributed by atoms with E-state index in [2.05, 4.69) is 9.47 Å². The van der Waals surface area contributed by atoms with E-state index in [1.807, 2.05) is 0 Å². The molecular weight excluding hydrogens is 300 g/mol. The van der Waals surface area contributed by atoms with E-state index < -0.39 is 23.6 Å². The number of halogens is 5. The molecule has 0 saturated carbocycles. The lowest BCUT2D eigenvalue weighted by Crippen LogP contribution is -2.19. The quantitative estimate of drug-likeness (QED) is 0.932. The minimum Gasteiger partial charge on any atom is -0.497 e. The van der Waals surface area contributed by atoms with Crippen molar-refractivity contribution in [3.63, 3.8) is 0 Å². The van der Waals surface area contributed by atoms with Gasteiger partial charge in [-0.25, -0.2) is 4.79 Å². The van der Waals surface area contributed by atoms with E-state index in [9.17, 15) is 18.0 Å². The predicted molar refractivity (Wildman–Crippen MR) is 61.1 cm³/mol. The minimum absolute atomic E-state index is 0. The van der Waals surface area contributed by atoms with Gasteiger partial charge in [0.05, 0.1) is 7.11 Å². The summed E-state index contributed by atoms with van der Waals surface area (Å²) in [6, 6.07) is 3.06. The molecule has 0 aliphatic heterocycles. The summed E-state index contributed by atoms with van der Waals surface area (Å²) in [4.78, 5) is 10.6. The molecule has 1 rings (SSSR count). The Kier molecular flexibility index (Phi) is 7.58. The second-order valence-electron chi connectivity index (χ2n) is 2.72. The van der Waals surface area contributed by atoms with Crippen molar-refractivity contribution < 1.29 is 32.5 Å². The summed E-state index contributed by atoms with van der Waals surface area (Å²) >= 11 is 0. The molecule has 0 aromatic heterocycles. The molecule has 9 heteroatoms. The number of ether oxygens (including phenoxy) is 2. The van der Waals surface area contributed by atoms with Crippen molar-refractivity contribution in [2.45, 2.75) is 6.36 Å². The molecule has 0 aliphatic carbocycles. The highest BCUT2D eigenvalue weighted by Gasteiger charge is 2.33. The molecule has 1 aromatic carbocycles. The van der Waals surface area contributed by atoms with E-state index in [1.165, 1.54) is 13.2 Å². The summed E-state index contributed by atoms with van der Waals surface area (Å²) in [6.07, 6.45) is -4.95. The Morgan fingerprint density at radius 2 is 1.83 bits per heavy atom. The number of carbonyl (C=O) groups is 1. The first-order valence-corrected chi connectivity index (χ1v) is 4.00. The topological polar surface area (TPSA) is 55.8 Å². The van der Waals surface area contributed by atoms with Crippen LogP contribution in [0.2, 0.25) is 0 Å². The van der Waals surface area contributed by atoms with Crippen LogP contribution in [0, 0.1) is 0 Å². The minimum atomic E-state index is -4.95. The van der Waals surface area contributed by atoms with Crippen LogP contribution in [0.4, 0.5) is 13.2 Å². The number of hydrogen-bond acceptors (Lipinski definition) is 3. The summed E-state index contributed by atoms with van der Waals surface area (Å²) < 4.78 is 44.1. The average Bonchev–Trinajstić information content (AvgIpc) is 2.14. The monoisotopic (exact) mass is 308 g/mol. The van der Waals surface area contributed by atoms with Crippen molar-refractivity contribution in [1.29, 1.82) is 0 Å². The molecule has 104 valence electrons. The highest BCUT2D eigenvalue weighted by atomic mass is 35.5. The van der Waals surface area contributed by atoms with Gasteiger partial charge >= 0.3 is 12.3 Å². The molecule has 1 N–H and O–H groups in total. The van der Waals surface area contributed by atoms with E-state index >= 15 is 0 Å². The zero-order valence-corrected chi connectivity index (χ0v) is 10.5. The number of rotatable bonds is 3. The largest absolute Gasteiger partial charge is 0.573 e. The maximum atomic E-state index is 12.0. The van der Waals surface area contributed by atoms with E-state index in [4.69, 9.17) is 5.11 Å². The summed E-state index contributed by atoms with van der Waals surface area (Å²) in [7, 11) is 1.24. The van der Waals surface area contributed by atoms with Crippen LogP contribution in [0.5, 0.6) is 11.5 Å². The van der Waals surface area contributed by atoms with E-state index in [-0.39, 0.29) is 30.6 Å². The van der Waals surface area contributed by atoms with Crippen LogP contribution in [-0.2, 0) is 0 Å². The van der Waals surface area contributed by atoms with E-state index in [0.29, 0.717) is 0 Å². The molecule has 0 aliphatic rings. The van der Waals surface area contributed by atoms with E-state index in [0.717, 1.165) is 12.1 Å². The predicted octanol–water partition coefficient (Wildman–Crippen LogP) is 3.14. The second-order valence-corrected chi connectivity index (χ2v) is 2.72. The summed E-state index contributed by atoms with van der Waals surface area (Å²) in [5.41, 5.74) is -0.585. The first-order chi connectivity index (χ1) is 7.33. The molecule has 0 heterocycles. The highest BCUT2D eigenvalue weighted by molar-refractivity contribution is 5.91. The first-order valence-electron chi connectivity index (χ1n) is 4.00. The number of aromatic carboxylic acids is 1. The standard InChI is InChI=1S/C9H7F3O4.2ClH/c1-15-5-2-3-6(8(13)14)7(4-5)16-9(10,11)12;;/h2-4H,1H3,(H,13,14);2*1H. The molecule has 0 atom stereocenters. The van der Waals surface area contributed by atoms with Gasteiger partial charge in [-0.3, -0.25) is 0 Å². The van der Waals surface area contributed by atoms with Crippen molar-refractivity contribution in [2.24, 2.45) is 0 Å². The van der Waals surface area contributed by atoms with Crippen LogP contribution >= 0.6 is 24.8 Å². The number of carboxylic acids is 1. The van der Waals surface area contributed by atoms with Gasteiger partial charge in [-0.2, -0.15) is 0 Å². The number of alkyl halides is 3. The van der Waals surface area contributed by atoms with Crippen molar-refractivity contribution in [3.8, 4) is 11.5 Å². The molecule has 18 heavy (non-hydrogen) atoms. The smallest absolute Gasteiger partial charge is 0.497 e. The number of methoxy groups -OCH3 is 1.